The smallest absolute Gasteiger partial charge is 0.0413 e. The molecule has 90 valence electrons. The molecular formula is C14H24N2. The molecule has 2 nitrogen and oxygen atoms in total. The Kier molecular flexibility index (Phi) is 5.33. The minimum Gasteiger partial charge on any atom is -0.381 e. The number of rotatable bonds is 5. The summed E-state index contributed by atoms with van der Waals surface area (Å²) in [7, 11) is 0. The number of allylic oxidation sites excluding steroid dienone is 2. The third kappa shape index (κ3) is 3.53. The van der Waals surface area contributed by atoms with Crippen LogP contribution in [0.15, 0.2) is 36.1 Å². The van der Waals surface area contributed by atoms with Crippen LogP contribution in [0.3, 0.4) is 0 Å². The predicted molar refractivity (Wildman–Crippen MR) is 71.3 cm³/mol. The second kappa shape index (κ2) is 6.54. The second-order valence-corrected chi connectivity index (χ2v) is 4.49. The van der Waals surface area contributed by atoms with Crippen molar-refractivity contribution in [2.45, 2.75) is 33.2 Å². The van der Waals surface area contributed by atoms with E-state index in [1.807, 2.05) is 6.08 Å². The molecule has 0 amide bonds. The van der Waals surface area contributed by atoms with Gasteiger partial charge >= 0.3 is 0 Å². The maximum Gasteiger partial charge on any atom is 0.0413 e. The highest BCUT2D eigenvalue weighted by Crippen LogP contribution is 2.21. The SMILES string of the molecule is C=CCC1=C(NC(C)/C=C\C)CNC[C@@H]1C. The summed E-state index contributed by atoms with van der Waals surface area (Å²) in [6, 6.07) is 0.395. The van der Waals surface area contributed by atoms with Crippen LogP contribution in [0.2, 0.25) is 0 Å². The zero-order valence-electron chi connectivity index (χ0n) is 10.7. The monoisotopic (exact) mass is 220 g/mol. The lowest BCUT2D eigenvalue weighted by Crippen LogP contribution is -2.38. The molecule has 0 bridgehead atoms. The fraction of sp³-hybridized carbons (Fsp3) is 0.571. The summed E-state index contributed by atoms with van der Waals surface area (Å²) in [5.41, 5.74) is 2.86. The van der Waals surface area contributed by atoms with Crippen LogP contribution in [0.1, 0.15) is 27.2 Å². The summed E-state index contributed by atoms with van der Waals surface area (Å²) in [6.45, 7) is 12.4. The van der Waals surface area contributed by atoms with Crippen molar-refractivity contribution in [3.8, 4) is 0 Å². The van der Waals surface area contributed by atoms with Crippen LogP contribution in [-0.2, 0) is 0 Å². The van der Waals surface area contributed by atoms with Crippen LogP contribution in [-0.4, -0.2) is 19.1 Å². The zero-order valence-corrected chi connectivity index (χ0v) is 10.7. The molecule has 2 atom stereocenters. The molecular weight excluding hydrogens is 196 g/mol. The van der Waals surface area contributed by atoms with Crippen molar-refractivity contribution >= 4 is 0 Å². The maximum atomic E-state index is 3.84. The third-order valence-corrected chi connectivity index (χ3v) is 2.98. The summed E-state index contributed by atoms with van der Waals surface area (Å²) in [4.78, 5) is 0. The normalized spacial score (nSPS) is 23.6. The first-order valence-corrected chi connectivity index (χ1v) is 6.12. The molecule has 2 N–H and O–H groups in total. The van der Waals surface area contributed by atoms with E-state index in [4.69, 9.17) is 0 Å². The van der Waals surface area contributed by atoms with Crippen LogP contribution >= 0.6 is 0 Å². The van der Waals surface area contributed by atoms with E-state index in [-0.39, 0.29) is 0 Å². The van der Waals surface area contributed by atoms with Crippen molar-refractivity contribution in [1.29, 1.82) is 0 Å². The first-order valence-electron chi connectivity index (χ1n) is 6.12. The Hall–Kier alpha value is -1.02. The Morgan fingerprint density at radius 3 is 3.00 bits per heavy atom. The van der Waals surface area contributed by atoms with Gasteiger partial charge in [0, 0.05) is 24.8 Å². The summed E-state index contributed by atoms with van der Waals surface area (Å²) in [5.74, 6) is 0.604. The van der Waals surface area contributed by atoms with Gasteiger partial charge in [-0.2, -0.15) is 0 Å². The topological polar surface area (TPSA) is 24.1 Å². The van der Waals surface area contributed by atoms with Crippen LogP contribution in [0.25, 0.3) is 0 Å². The summed E-state index contributed by atoms with van der Waals surface area (Å²) >= 11 is 0. The highest BCUT2D eigenvalue weighted by molar-refractivity contribution is 5.23. The van der Waals surface area contributed by atoms with Gasteiger partial charge in [0.15, 0.2) is 0 Å². The van der Waals surface area contributed by atoms with Crippen molar-refractivity contribution in [2.75, 3.05) is 13.1 Å². The van der Waals surface area contributed by atoms with Crippen LogP contribution < -0.4 is 10.6 Å². The highest BCUT2D eigenvalue weighted by atomic mass is 15.0. The van der Waals surface area contributed by atoms with E-state index in [0.717, 1.165) is 19.5 Å². The maximum absolute atomic E-state index is 3.84. The van der Waals surface area contributed by atoms with E-state index < -0.39 is 0 Å². The molecule has 0 aromatic heterocycles. The van der Waals surface area contributed by atoms with Gasteiger partial charge in [-0.3, -0.25) is 0 Å². The van der Waals surface area contributed by atoms with E-state index in [0.29, 0.717) is 12.0 Å². The van der Waals surface area contributed by atoms with Crippen molar-refractivity contribution < 1.29 is 0 Å². The molecule has 1 heterocycles. The first kappa shape index (κ1) is 13.0. The lowest BCUT2D eigenvalue weighted by Gasteiger charge is -2.28. The van der Waals surface area contributed by atoms with E-state index in [1.54, 1.807) is 0 Å². The molecule has 0 saturated heterocycles. The van der Waals surface area contributed by atoms with Gasteiger partial charge in [-0.05, 0) is 31.8 Å². The molecule has 0 aliphatic carbocycles. The van der Waals surface area contributed by atoms with Crippen molar-refractivity contribution in [2.24, 2.45) is 5.92 Å². The molecule has 0 fully saturated rings. The fourth-order valence-electron chi connectivity index (χ4n) is 2.18. The summed E-state index contributed by atoms with van der Waals surface area (Å²) in [5, 5.41) is 7.01. The van der Waals surface area contributed by atoms with Gasteiger partial charge < -0.3 is 10.6 Å². The summed E-state index contributed by atoms with van der Waals surface area (Å²) < 4.78 is 0. The van der Waals surface area contributed by atoms with E-state index in [9.17, 15) is 0 Å². The number of hydrogen-bond acceptors (Lipinski definition) is 2. The largest absolute Gasteiger partial charge is 0.381 e. The Morgan fingerprint density at radius 2 is 2.38 bits per heavy atom. The van der Waals surface area contributed by atoms with Crippen LogP contribution in [0.4, 0.5) is 0 Å². The molecule has 1 aliphatic rings. The molecule has 0 spiro atoms. The van der Waals surface area contributed by atoms with Crippen LogP contribution in [0.5, 0.6) is 0 Å². The van der Waals surface area contributed by atoms with Crippen molar-refractivity contribution in [3.05, 3.63) is 36.1 Å². The Labute approximate surface area is 99.5 Å². The molecule has 0 saturated carbocycles. The molecule has 0 aromatic carbocycles. The van der Waals surface area contributed by atoms with Crippen molar-refractivity contribution in [1.82, 2.24) is 10.6 Å². The number of hydrogen-bond donors (Lipinski definition) is 2. The summed E-state index contributed by atoms with van der Waals surface area (Å²) in [6.07, 6.45) is 7.26. The standard InChI is InChI=1S/C14H24N2/c1-5-7-12(4)16-14-10-15-9-11(3)13(14)8-6-2/h5-7,11-12,15-16H,2,8-10H2,1,3-4H3/b7-5-/t11-,12?/m0/s1. The third-order valence-electron chi connectivity index (χ3n) is 2.98. The predicted octanol–water partition coefficient (Wildman–Crippen LogP) is 2.61. The second-order valence-electron chi connectivity index (χ2n) is 4.49. The lowest BCUT2D eigenvalue weighted by molar-refractivity contribution is 0.511. The fourth-order valence-corrected chi connectivity index (χ4v) is 2.18. The molecule has 0 aromatic rings. The van der Waals surface area contributed by atoms with Gasteiger partial charge in [0.25, 0.3) is 0 Å². The van der Waals surface area contributed by atoms with E-state index in [2.05, 4.69) is 50.1 Å². The molecule has 1 unspecified atom stereocenters. The highest BCUT2D eigenvalue weighted by Gasteiger charge is 2.18. The Balaban J connectivity index is 2.77. The van der Waals surface area contributed by atoms with Gasteiger partial charge in [-0.1, -0.05) is 25.2 Å². The van der Waals surface area contributed by atoms with E-state index >= 15 is 0 Å². The first-order chi connectivity index (χ1) is 7.69. The minimum absolute atomic E-state index is 0.395. The Bertz CT molecular complexity index is 289. The van der Waals surface area contributed by atoms with Gasteiger partial charge in [0.1, 0.15) is 0 Å². The van der Waals surface area contributed by atoms with Gasteiger partial charge in [0.2, 0.25) is 0 Å². The quantitative estimate of drug-likeness (QED) is 0.696. The van der Waals surface area contributed by atoms with Crippen molar-refractivity contribution in [3.63, 3.8) is 0 Å². The molecule has 1 rings (SSSR count). The van der Waals surface area contributed by atoms with Gasteiger partial charge in [0.05, 0.1) is 0 Å². The van der Waals surface area contributed by atoms with Gasteiger partial charge in [-0.25, -0.2) is 0 Å². The average Bonchev–Trinajstić information content (AvgIpc) is 2.23. The Morgan fingerprint density at radius 1 is 1.62 bits per heavy atom. The van der Waals surface area contributed by atoms with E-state index in [1.165, 1.54) is 11.3 Å². The molecule has 2 heteroatoms. The molecule has 16 heavy (non-hydrogen) atoms. The van der Waals surface area contributed by atoms with Gasteiger partial charge in [-0.15, -0.1) is 6.58 Å². The number of nitrogens with one attached hydrogen (secondary N) is 2. The van der Waals surface area contributed by atoms with Crippen LogP contribution in [0, 0.1) is 5.92 Å². The average molecular weight is 220 g/mol. The minimum atomic E-state index is 0.395. The lowest BCUT2D eigenvalue weighted by atomic mass is 9.92. The zero-order chi connectivity index (χ0) is 12.0. The molecule has 1 aliphatic heterocycles. The molecule has 0 radical (unpaired) electrons.